The van der Waals surface area contributed by atoms with Crippen LogP contribution in [0.4, 0.5) is 4.79 Å². The second-order valence-electron chi connectivity index (χ2n) is 4.58. The van der Waals surface area contributed by atoms with Gasteiger partial charge in [0, 0.05) is 12.8 Å². The van der Waals surface area contributed by atoms with Crippen molar-refractivity contribution in [1.29, 1.82) is 0 Å². The van der Waals surface area contributed by atoms with E-state index in [1.54, 1.807) is 6.92 Å². The van der Waals surface area contributed by atoms with Gasteiger partial charge in [0.25, 0.3) is 0 Å². The molecular weight excluding hydrogens is 305 g/mol. The number of allylic oxidation sites excluding steroid dienone is 2. The Morgan fingerprint density at radius 2 is 2.00 bits per heavy atom. The fraction of sp³-hybridized carbons (Fsp3) is 0.333. The highest BCUT2D eigenvalue weighted by Gasteiger charge is 2.14. The molecule has 7 heteroatoms. The lowest BCUT2D eigenvalue weighted by Crippen LogP contribution is -2.24. The molecule has 0 saturated heterocycles. The predicted octanol–water partition coefficient (Wildman–Crippen LogP) is 2.94. The molecule has 1 unspecified atom stereocenters. The van der Waals surface area contributed by atoms with Gasteiger partial charge >= 0.3 is 6.09 Å². The Morgan fingerprint density at radius 1 is 1.32 bits per heavy atom. The lowest BCUT2D eigenvalue weighted by Gasteiger charge is -2.11. The van der Waals surface area contributed by atoms with Crippen LogP contribution in [-0.2, 0) is 25.2 Å². The van der Waals surface area contributed by atoms with Gasteiger partial charge in [0.2, 0.25) is 7.37 Å². The van der Waals surface area contributed by atoms with Gasteiger partial charge in [-0.25, -0.2) is 4.79 Å². The van der Waals surface area contributed by atoms with Crippen LogP contribution in [0.1, 0.15) is 12.5 Å². The van der Waals surface area contributed by atoms with Gasteiger partial charge in [-0.05, 0) is 18.6 Å². The zero-order valence-corrected chi connectivity index (χ0v) is 13.5. The molecule has 0 aliphatic rings. The van der Waals surface area contributed by atoms with Gasteiger partial charge in [-0.15, -0.1) is 0 Å². The van der Waals surface area contributed by atoms with E-state index < -0.39 is 13.5 Å². The SMILES string of the molecule is CCOP(C)(=O)C/C=C(/C=O)NC(=O)OCc1ccccc1. The lowest BCUT2D eigenvalue weighted by molar-refractivity contribution is -0.105. The van der Waals surface area contributed by atoms with Gasteiger partial charge in [-0.1, -0.05) is 30.3 Å². The van der Waals surface area contributed by atoms with E-state index in [0.717, 1.165) is 5.56 Å². The molecule has 1 aromatic carbocycles. The maximum Gasteiger partial charge on any atom is 0.412 e. The number of benzene rings is 1. The first kappa shape index (κ1) is 18.1. The zero-order chi connectivity index (χ0) is 16.4. The van der Waals surface area contributed by atoms with Crippen LogP contribution in [0.3, 0.4) is 0 Å². The third-order valence-electron chi connectivity index (χ3n) is 2.63. The van der Waals surface area contributed by atoms with E-state index in [1.807, 2.05) is 30.3 Å². The highest BCUT2D eigenvalue weighted by Crippen LogP contribution is 2.42. The minimum atomic E-state index is -2.79. The summed E-state index contributed by atoms with van der Waals surface area (Å²) in [4.78, 5) is 22.5. The minimum absolute atomic E-state index is 0.000148. The quantitative estimate of drug-likeness (QED) is 0.451. The summed E-state index contributed by atoms with van der Waals surface area (Å²) in [5, 5.41) is 2.31. The van der Waals surface area contributed by atoms with E-state index in [1.165, 1.54) is 12.7 Å². The molecule has 1 N–H and O–H groups in total. The van der Waals surface area contributed by atoms with E-state index in [2.05, 4.69) is 5.32 Å². The van der Waals surface area contributed by atoms with Crippen LogP contribution < -0.4 is 5.32 Å². The Hall–Kier alpha value is -1.91. The molecule has 0 saturated carbocycles. The highest BCUT2D eigenvalue weighted by atomic mass is 31.2. The zero-order valence-electron chi connectivity index (χ0n) is 12.7. The minimum Gasteiger partial charge on any atom is -0.444 e. The Bertz CT molecular complexity index is 571. The summed E-state index contributed by atoms with van der Waals surface area (Å²) in [7, 11) is -2.79. The van der Waals surface area contributed by atoms with Gasteiger partial charge in [-0.2, -0.15) is 0 Å². The number of carbonyl (C=O) groups is 2. The van der Waals surface area contributed by atoms with Crippen LogP contribution in [-0.4, -0.2) is 31.8 Å². The van der Waals surface area contributed by atoms with Gasteiger partial charge in [0.1, 0.15) is 6.61 Å². The molecule has 1 rings (SSSR count). The molecule has 0 aliphatic carbocycles. The number of alkyl carbamates (subject to hydrolysis) is 1. The van der Waals surface area contributed by atoms with Crippen molar-refractivity contribution >= 4 is 19.7 Å². The predicted molar refractivity (Wildman–Crippen MR) is 83.9 cm³/mol. The molecule has 0 fully saturated rings. The fourth-order valence-corrected chi connectivity index (χ4v) is 2.78. The summed E-state index contributed by atoms with van der Waals surface area (Å²) in [6.07, 6.45) is 1.15. The van der Waals surface area contributed by atoms with Gasteiger partial charge < -0.3 is 9.26 Å². The molecule has 6 nitrogen and oxygen atoms in total. The average molecular weight is 325 g/mol. The summed E-state index contributed by atoms with van der Waals surface area (Å²) in [6.45, 7) is 3.64. The maximum absolute atomic E-state index is 11.9. The summed E-state index contributed by atoms with van der Waals surface area (Å²) < 4.78 is 22.0. The van der Waals surface area contributed by atoms with E-state index >= 15 is 0 Å². The molecule has 1 atom stereocenters. The van der Waals surface area contributed by atoms with Crippen molar-refractivity contribution in [2.75, 3.05) is 19.4 Å². The molecule has 0 heterocycles. The molecule has 0 radical (unpaired) electrons. The maximum atomic E-state index is 11.9. The van der Waals surface area contributed by atoms with Crippen LogP contribution >= 0.6 is 7.37 Å². The van der Waals surface area contributed by atoms with Crippen molar-refractivity contribution in [2.24, 2.45) is 0 Å². The number of ether oxygens (including phenoxy) is 1. The van der Waals surface area contributed by atoms with E-state index in [0.29, 0.717) is 12.9 Å². The standard InChI is InChI=1S/C15H20NO5P/c1-3-21-22(2,19)10-9-14(11-17)16-15(18)20-12-13-7-5-4-6-8-13/h4-9,11H,3,10,12H2,1-2H3,(H,16,18)/b14-9-. The molecule has 0 bridgehead atoms. The third kappa shape index (κ3) is 7.20. The molecule has 1 aromatic rings. The van der Waals surface area contributed by atoms with Crippen molar-refractivity contribution in [3.63, 3.8) is 0 Å². The lowest BCUT2D eigenvalue weighted by atomic mass is 10.2. The first-order valence-electron chi connectivity index (χ1n) is 6.81. The van der Waals surface area contributed by atoms with E-state index in [4.69, 9.17) is 9.26 Å². The van der Waals surface area contributed by atoms with Crippen LogP contribution in [0.2, 0.25) is 0 Å². The second-order valence-corrected chi connectivity index (χ2v) is 7.23. The van der Waals surface area contributed by atoms with Crippen LogP contribution in [0.25, 0.3) is 0 Å². The first-order valence-corrected chi connectivity index (χ1v) is 9.06. The van der Waals surface area contributed by atoms with Crippen molar-refractivity contribution in [3.05, 3.63) is 47.7 Å². The van der Waals surface area contributed by atoms with Crippen molar-refractivity contribution in [3.8, 4) is 0 Å². The molecule has 0 aromatic heterocycles. The number of nitrogens with one attached hydrogen (secondary N) is 1. The fourth-order valence-electron chi connectivity index (χ4n) is 1.60. The highest BCUT2D eigenvalue weighted by molar-refractivity contribution is 7.58. The van der Waals surface area contributed by atoms with E-state index in [-0.39, 0.29) is 18.5 Å². The first-order chi connectivity index (χ1) is 10.5. The summed E-state index contributed by atoms with van der Waals surface area (Å²) in [5.74, 6) is 0. The number of carbonyl (C=O) groups excluding carboxylic acids is 2. The van der Waals surface area contributed by atoms with Gasteiger partial charge in [0.15, 0.2) is 6.29 Å². The Morgan fingerprint density at radius 3 is 2.59 bits per heavy atom. The van der Waals surface area contributed by atoms with Crippen LogP contribution in [0, 0.1) is 0 Å². The van der Waals surface area contributed by atoms with Crippen LogP contribution in [0.15, 0.2) is 42.1 Å². The third-order valence-corrected chi connectivity index (χ3v) is 4.28. The van der Waals surface area contributed by atoms with Crippen LogP contribution in [0.5, 0.6) is 0 Å². The summed E-state index contributed by atoms with van der Waals surface area (Å²) >= 11 is 0. The molecule has 0 spiro atoms. The van der Waals surface area contributed by atoms with Gasteiger partial charge in [-0.3, -0.25) is 14.7 Å². The Labute approximate surface area is 130 Å². The Balaban J connectivity index is 2.49. The van der Waals surface area contributed by atoms with Crippen molar-refractivity contribution in [1.82, 2.24) is 5.32 Å². The summed E-state index contributed by atoms with van der Waals surface area (Å²) in [5.41, 5.74) is 0.837. The normalized spacial score (nSPS) is 14.0. The smallest absolute Gasteiger partial charge is 0.412 e. The second kappa shape index (κ2) is 9.18. The van der Waals surface area contributed by atoms with Crippen molar-refractivity contribution in [2.45, 2.75) is 13.5 Å². The average Bonchev–Trinajstić information content (AvgIpc) is 2.50. The molecule has 22 heavy (non-hydrogen) atoms. The largest absolute Gasteiger partial charge is 0.444 e. The number of amides is 1. The number of rotatable bonds is 8. The molecule has 0 aliphatic heterocycles. The van der Waals surface area contributed by atoms with Gasteiger partial charge in [0.05, 0.1) is 12.3 Å². The van der Waals surface area contributed by atoms with Crippen molar-refractivity contribution < 1.29 is 23.4 Å². The molecule has 120 valence electrons. The molecular formula is C15H20NO5P. The van der Waals surface area contributed by atoms with E-state index in [9.17, 15) is 14.2 Å². The monoisotopic (exact) mass is 325 g/mol. The summed E-state index contributed by atoms with van der Waals surface area (Å²) in [6, 6.07) is 9.16. The topological polar surface area (TPSA) is 81.7 Å². The number of hydrogen-bond donors (Lipinski definition) is 1. The molecule has 1 amide bonds. The number of hydrogen-bond acceptors (Lipinski definition) is 5. The number of aldehydes is 1. The Kier molecular flexibility index (Phi) is 7.57.